The summed E-state index contributed by atoms with van der Waals surface area (Å²) in [6, 6.07) is 4.54. The van der Waals surface area contributed by atoms with Crippen molar-refractivity contribution in [3.63, 3.8) is 0 Å². The number of aliphatic hydroxyl groups is 2. The van der Waals surface area contributed by atoms with E-state index in [1.165, 1.54) is 18.6 Å². The lowest BCUT2D eigenvalue weighted by atomic mass is 9.43. The Morgan fingerprint density at radius 2 is 1.95 bits per heavy atom. The summed E-state index contributed by atoms with van der Waals surface area (Å²) < 4.78 is 25.9. The molecule has 4 saturated carbocycles. The summed E-state index contributed by atoms with van der Waals surface area (Å²) in [4.78, 5) is 4.62. The van der Waals surface area contributed by atoms with Crippen LogP contribution in [-0.2, 0) is 11.2 Å². The average Bonchev–Trinajstić information content (AvgIpc) is 3.45. The SMILES string of the molecule is CCC(CCc1nc2ccc(F)cc2o1)[C@H]1CC[C@H]2[C@@H]3[C@H](O)C[C@@H]4C[C@H](O)CC[C@]4(C)[C@H]3C[C@H](OC)[C@]12C. The van der Waals surface area contributed by atoms with E-state index in [0.29, 0.717) is 52.5 Å². The van der Waals surface area contributed by atoms with Crippen LogP contribution in [0.2, 0.25) is 0 Å². The van der Waals surface area contributed by atoms with Gasteiger partial charge in [0.2, 0.25) is 0 Å². The van der Waals surface area contributed by atoms with E-state index >= 15 is 0 Å². The Labute approximate surface area is 226 Å². The largest absolute Gasteiger partial charge is 0.441 e. The van der Waals surface area contributed by atoms with E-state index in [9.17, 15) is 14.6 Å². The number of fused-ring (bicyclic) bond motifs is 6. The van der Waals surface area contributed by atoms with E-state index < -0.39 is 0 Å². The number of halogens is 1. The summed E-state index contributed by atoms with van der Waals surface area (Å²) in [7, 11) is 1.89. The molecule has 0 saturated heterocycles. The summed E-state index contributed by atoms with van der Waals surface area (Å²) in [5, 5.41) is 22.0. The van der Waals surface area contributed by atoms with Crippen LogP contribution in [0.3, 0.4) is 0 Å². The highest BCUT2D eigenvalue weighted by molar-refractivity contribution is 5.72. The Morgan fingerprint density at radius 3 is 2.71 bits per heavy atom. The fourth-order valence-corrected chi connectivity index (χ4v) is 10.4. The zero-order chi connectivity index (χ0) is 26.8. The fraction of sp³-hybridized carbons (Fsp3) is 0.781. The van der Waals surface area contributed by atoms with E-state index in [0.717, 1.165) is 57.8 Å². The molecule has 1 aromatic carbocycles. The first-order valence-electron chi connectivity index (χ1n) is 15.1. The number of hydrogen-bond acceptors (Lipinski definition) is 5. The van der Waals surface area contributed by atoms with Gasteiger partial charge in [0.15, 0.2) is 11.5 Å². The van der Waals surface area contributed by atoms with Crippen LogP contribution in [0.15, 0.2) is 22.6 Å². The summed E-state index contributed by atoms with van der Waals surface area (Å²) in [5.41, 5.74) is 1.44. The summed E-state index contributed by atoms with van der Waals surface area (Å²) in [6.45, 7) is 7.22. The summed E-state index contributed by atoms with van der Waals surface area (Å²) in [5.74, 6) is 3.05. The van der Waals surface area contributed by atoms with E-state index in [-0.39, 0.29) is 35.0 Å². The monoisotopic (exact) mass is 527 g/mol. The molecule has 0 aliphatic heterocycles. The third kappa shape index (κ3) is 4.07. The molecule has 0 spiro atoms. The maximum atomic E-state index is 13.6. The first-order chi connectivity index (χ1) is 18.2. The second-order valence-corrected chi connectivity index (χ2v) is 13.7. The van der Waals surface area contributed by atoms with Gasteiger partial charge in [-0.3, -0.25) is 0 Å². The molecule has 11 atom stereocenters. The van der Waals surface area contributed by atoms with Crippen molar-refractivity contribution >= 4 is 11.1 Å². The van der Waals surface area contributed by atoms with Gasteiger partial charge in [0, 0.05) is 25.0 Å². The lowest BCUT2D eigenvalue weighted by Gasteiger charge is -2.64. The molecule has 1 aromatic heterocycles. The molecule has 0 bridgehead atoms. The molecular formula is C32H46FNO4. The maximum Gasteiger partial charge on any atom is 0.195 e. The van der Waals surface area contributed by atoms with Crippen LogP contribution in [0, 0.1) is 52.2 Å². The minimum atomic E-state index is -0.299. The number of ether oxygens (including phenoxy) is 1. The number of aromatic nitrogens is 1. The Bertz CT molecular complexity index is 1150. The normalized spacial score (nSPS) is 43.4. The molecule has 6 rings (SSSR count). The molecule has 6 heteroatoms. The van der Waals surface area contributed by atoms with Crippen LogP contribution >= 0.6 is 0 Å². The number of aryl methyl sites for hydroxylation is 1. The van der Waals surface area contributed by atoms with Crippen molar-refractivity contribution < 1.29 is 23.8 Å². The second kappa shape index (κ2) is 9.85. The van der Waals surface area contributed by atoms with E-state index in [2.05, 4.69) is 25.8 Å². The summed E-state index contributed by atoms with van der Waals surface area (Å²) in [6.07, 6.45) is 9.45. The molecule has 1 unspecified atom stereocenters. The molecule has 0 radical (unpaired) electrons. The molecule has 2 aromatic rings. The van der Waals surface area contributed by atoms with E-state index in [1.807, 2.05) is 7.11 Å². The number of nitrogens with zero attached hydrogens (tertiary/aromatic N) is 1. The number of hydrogen-bond donors (Lipinski definition) is 2. The quantitative estimate of drug-likeness (QED) is 0.446. The first kappa shape index (κ1) is 26.7. The van der Waals surface area contributed by atoms with Gasteiger partial charge in [0.1, 0.15) is 11.3 Å². The molecule has 4 aliphatic rings. The van der Waals surface area contributed by atoms with Gasteiger partial charge in [0.25, 0.3) is 0 Å². The van der Waals surface area contributed by atoms with Crippen molar-refractivity contribution in [1.82, 2.24) is 4.98 Å². The van der Waals surface area contributed by atoms with Gasteiger partial charge in [-0.05, 0) is 104 Å². The van der Waals surface area contributed by atoms with Crippen LogP contribution < -0.4 is 0 Å². The molecule has 4 fully saturated rings. The lowest BCUT2D eigenvalue weighted by Crippen LogP contribution is -2.62. The van der Waals surface area contributed by atoms with Gasteiger partial charge in [-0.25, -0.2) is 9.37 Å². The third-order valence-corrected chi connectivity index (χ3v) is 12.3. The Kier molecular flexibility index (Phi) is 6.92. The van der Waals surface area contributed by atoms with Crippen LogP contribution in [0.25, 0.3) is 11.1 Å². The molecule has 4 aliphatic carbocycles. The number of methoxy groups -OCH3 is 1. The Hall–Kier alpha value is -1.50. The number of oxazole rings is 1. The van der Waals surface area contributed by atoms with Gasteiger partial charge >= 0.3 is 0 Å². The smallest absolute Gasteiger partial charge is 0.195 e. The standard InChI is InChI=1S/C32H46FNO4/c1-5-18(6-11-29-34-25-10-7-20(33)16-27(25)38-29)22-8-9-23-30-24(17-28(37-4)32(22,23)3)31(2)13-12-21(35)14-19(31)15-26(30)36/h7,10,16,18-19,21-24,26,28,30,35-36H,5-6,8-9,11-15,17H2,1-4H3/t18?,19-,21+,22+,23-,24-,26+,28-,30-,31-,32+/m0/s1. The predicted molar refractivity (Wildman–Crippen MR) is 145 cm³/mol. The fourth-order valence-electron chi connectivity index (χ4n) is 10.4. The van der Waals surface area contributed by atoms with Crippen molar-refractivity contribution in [2.24, 2.45) is 46.3 Å². The van der Waals surface area contributed by atoms with Crippen LogP contribution in [-0.4, -0.2) is 40.6 Å². The van der Waals surface area contributed by atoms with Gasteiger partial charge < -0.3 is 19.4 Å². The topological polar surface area (TPSA) is 75.7 Å². The van der Waals surface area contributed by atoms with Crippen molar-refractivity contribution in [3.05, 3.63) is 29.9 Å². The number of aliphatic hydroxyl groups excluding tert-OH is 2. The van der Waals surface area contributed by atoms with Crippen molar-refractivity contribution in [2.45, 2.75) is 103 Å². The number of benzene rings is 1. The molecule has 38 heavy (non-hydrogen) atoms. The zero-order valence-electron chi connectivity index (χ0n) is 23.5. The summed E-state index contributed by atoms with van der Waals surface area (Å²) >= 11 is 0. The van der Waals surface area contributed by atoms with Gasteiger partial charge in [-0.2, -0.15) is 0 Å². The van der Waals surface area contributed by atoms with E-state index in [1.54, 1.807) is 6.07 Å². The van der Waals surface area contributed by atoms with Gasteiger partial charge in [-0.1, -0.05) is 27.2 Å². The van der Waals surface area contributed by atoms with Crippen LogP contribution in [0.1, 0.15) is 84.4 Å². The Morgan fingerprint density at radius 1 is 1.13 bits per heavy atom. The van der Waals surface area contributed by atoms with Crippen molar-refractivity contribution in [3.8, 4) is 0 Å². The van der Waals surface area contributed by atoms with E-state index in [4.69, 9.17) is 9.15 Å². The van der Waals surface area contributed by atoms with Crippen LogP contribution in [0.4, 0.5) is 4.39 Å². The highest BCUT2D eigenvalue weighted by Crippen LogP contribution is 2.69. The van der Waals surface area contributed by atoms with Crippen molar-refractivity contribution in [1.29, 1.82) is 0 Å². The van der Waals surface area contributed by atoms with Crippen molar-refractivity contribution in [2.75, 3.05) is 7.11 Å². The zero-order valence-corrected chi connectivity index (χ0v) is 23.5. The lowest BCUT2D eigenvalue weighted by molar-refractivity contribution is -0.213. The Balaban J connectivity index is 1.25. The predicted octanol–water partition coefficient (Wildman–Crippen LogP) is 6.54. The maximum absolute atomic E-state index is 13.6. The third-order valence-electron chi connectivity index (χ3n) is 12.3. The van der Waals surface area contributed by atoms with Gasteiger partial charge in [-0.15, -0.1) is 0 Å². The first-order valence-corrected chi connectivity index (χ1v) is 15.1. The molecule has 1 heterocycles. The highest BCUT2D eigenvalue weighted by atomic mass is 19.1. The van der Waals surface area contributed by atoms with Gasteiger partial charge in [0.05, 0.1) is 18.3 Å². The molecule has 0 amide bonds. The average molecular weight is 528 g/mol. The molecule has 210 valence electrons. The number of rotatable bonds is 6. The minimum absolute atomic E-state index is 0.0272. The minimum Gasteiger partial charge on any atom is -0.441 e. The molecule has 5 nitrogen and oxygen atoms in total. The van der Waals surface area contributed by atoms with Crippen LogP contribution in [0.5, 0.6) is 0 Å². The molecular weight excluding hydrogens is 481 g/mol. The second-order valence-electron chi connectivity index (χ2n) is 13.7. The highest BCUT2D eigenvalue weighted by Gasteiger charge is 2.66. The molecule has 2 N–H and O–H groups in total.